The van der Waals surface area contributed by atoms with Crippen LogP contribution in [0.3, 0.4) is 0 Å². The predicted molar refractivity (Wildman–Crippen MR) is 111 cm³/mol. The molecule has 2 aliphatic rings. The number of nitrogens with zero attached hydrogens (tertiary/aromatic N) is 2. The van der Waals surface area contributed by atoms with E-state index in [0.29, 0.717) is 25.9 Å². The monoisotopic (exact) mass is 411 g/mol. The minimum Gasteiger partial charge on any atom is -0.469 e. The van der Waals surface area contributed by atoms with Gasteiger partial charge in [0.2, 0.25) is 0 Å². The van der Waals surface area contributed by atoms with Gasteiger partial charge in [0.15, 0.2) is 6.19 Å². The molecule has 0 amide bonds. The number of aliphatic hydroxyl groups excluding tert-OH is 1. The third-order valence-corrected chi connectivity index (χ3v) is 6.96. The Bertz CT molecular complexity index is 950. The number of carbonyl (C=O) groups is 1. The number of H-pyrrole nitrogens is 1. The zero-order valence-corrected chi connectivity index (χ0v) is 17.5. The highest BCUT2D eigenvalue weighted by Crippen LogP contribution is 2.44. The Kier molecular flexibility index (Phi) is 5.98. The number of fused-ring (bicyclic) bond motifs is 4. The van der Waals surface area contributed by atoms with Crippen molar-refractivity contribution in [1.82, 2.24) is 9.88 Å². The van der Waals surface area contributed by atoms with E-state index in [1.165, 1.54) is 7.11 Å². The molecule has 0 radical (unpaired) electrons. The van der Waals surface area contributed by atoms with Crippen molar-refractivity contribution < 1.29 is 19.4 Å². The van der Waals surface area contributed by atoms with Crippen LogP contribution in [0.2, 0.25) is 0 Å². The zero-order valence-electron chi connectivity index (χ0n) is 17.5. The molecule has 2 aromatic rings. The molecule has 2 N–H and O–H groups in total. The summed E-state index contributed by atoms with van der Waals surface area (Å²) in [5.41, 5.74) is 3.19. The van der Waals surface area contributed by atoms with Crippen molar-refractivity contribution in [2.24, 2.45) is 17.8 Å². The van der Waals surface area contributed by atoms with E-state index in [4.69, 9.17) is 9.47 Å². The van der Waals surface area contributed by atoms with Gasteiger partial charge in [-0.3, -0.25) is 4.79 Å². The molecule has 2 heterocycles. The van der Waals surface area contributed by atoms with Crippen molar-refractivity contribution in [2.75, 3.05) is 27.3 Å². The first-order chi connectivity index (χ1) is 14.6. The van der Waals surface area contributed by atoms with Gasteiger partial charge < -0.3 is 24.5 Å². The van der Waals surface area contributed by atoms with Crippen LogP contribution in [0.15, 0.2) is 24.3 Å². The SMILES string of the molecule is COC(=O)[C@@H]1[C@H]2C[C@@H](OC)c3[nH]c4ccccc4c3CCN(C#N)C[C@@H]2CC[C@@H]1O. The number of ether oxygens (including phenoxy) is 2. The van der Waals surface area contributed by atoms with Crippen LogP contribution in [0.4, 0.5) is 0 Å². The number of hydrogen-bond acceptors (Lipinski definition) is 6. The standard InChI is InChI=1S/C23H29N3O4/c1-29-20-11-17-14(7-8-19(27)21(17)23(28)30-2)12-26(13-24)10-9-16-15-5-3-4-6-18(15)25-22(16)20/h3-6,14,17,19-21,25,27H,7-12H2,1-2H3/t14-,17-,19-,20+,21+/m0/s1. The molecule has 5 atom stereocenters. The summed E-state index contributed by atoms with van der Waals surface area (Å²) in [5, 5.41) is 21.5. The first-order valence-corrected chi connectivity index (χ1v) is 10.6. The van der Waals surface area contributed by atoms with Gasteiger partial charge in [-0.05, 0) is 49.1 Å². The number of aromatic nitrogens is 1. The maximum atomic E-state index is 12.6. The minimum atomic E-state index is -0.739. The average Bonchev–Trinajstić information content (AvgIpc) is 3.14. The topological polar surface area (TPSA) is 98.6 Å². The number of nitrogens with one attached hydrogen (secondary N) is 1. The van der Waals surface area contributed by atoms with Crippen LogP contribution in [0.25, 0.3) is 10.9 Å². The van der Waals surface area contributed by atoms with Crippen molar-refractivity contribution in [1.29, 1.82) is 5.26 Å². The second-order valence-corrected chi connectivity index (χ2v) is 8.44. The van der Waals surface area contributed by atoms with Crippen LogP contribution in [-0.4, -0.2) is 54.4 Å². The molecule has 0 saturated heterocycles. The molecule has 1 fully saturated rings. The van der Waals surface area contributed by atoms with Crippen molar-refractivity contribution in [2.45, 2.75) is 37.9 Å². The van der Waals surface area contributed by atoms with Crippen LogP contribution >= 0.6 is 0 Å². The number of aliphatic hydroxyl groups is 1. The third kappa shape index (κ3) is 3.66. The van der Waals surface area contributed by atoms with Gasteiger partial charge in [-0.1, -0.05) is 18.2 Å². The zero-order chi connectivity index (χ0) is 21.3. The molecule has 1 aliphatic carbocycles. The molecule has 7 heteroatoms. The molecule has 1 saturated carbocycles. The van der Waals surface area contributed by atoms with Gasteiger partial charge in [-0.15, -0.1) is 0 Å². The lowest BCUT2D eigenvalue weighted by Gasteiger charge is -2.42. The lowest BCUT2D eigenvalue weighted by Crippen LogP contribution is -2.47. The summed E-state index contributed by atoms with van der Waals surface area (Å²) in [6.07, 6.45) is 3.99. The minimum absolute atomic E-state index is 0.112. The Morgan fingerprint density at radius 2 is 2.10 bits per heavy atom. The van der Waals surface area contributed by atoms with E-state index in [2.05, 4.69) is 17.2 Å². The van der Waals surface area contributed by atoms with E-state index in [1.54, 1.807) is 12.0 Å². The smallest absolute Gasteiger partial charge is 0.311 e. The Hall–Kier alpha value is -2.56. The summed E-state index contributed by atoms with van der Waals surface area (Å²) < 4.78 is 11.0. The number of hydrogen-bond donors (Lipinski definition) is 2. The quantitative estimate of drug-likeness (QED) is 0.582. The summed E-state index contributed by atoms with van der Waals surface area (Å²) in [6.45, 7) is 1.19. The molecule has 160 valence electrons. The van der Waals surface area contributed by atoms with E-state index in [-0.39, 0.29) is 23.9 Å². The molecular weight excluding hydrogens is 382 g/mol. The molecular formula is C23H29N3O4. The number of methoxy groups -OCH3 is 2. The lowest BCUT2D eigenvalue weighted by atomic mass is 9.67. The molecule has 1 aromatic carbocycles. The van der Waals surface area contributed by atoms with E-state index in [9.17, 15) is 15.2 Å². The van der Waals surface area contributed by atoms with Crippen molar-refractivity contribution in [3.05, 3.63) is 35.5 Å². The van der Waals surface area contributed by atoms with E-state index >= 15 is 0 Å². The summed E-state index contributed by atoms with van der Waals surface area (Å²) in [7, 11) is 3.05. The van der Waals surface area contributed by atoms with Gasteiger partial charge >= 0.3 is 5.97 Å². The fourth-order valence-corrected chi connectivity index (χ4v) is 5.45. The van der Waals surface area contributed by atoms with E-state index < -0.39 is 12.0 Å². The summed E-state index contributed by atoms with van der Waals surface area (Å²) in [5.74, 6) is -1.02. The number of carbonyl (C=O) groups excluding carboxylic acids is 1. The fourth-order valence-electron chi connectivity index (χ4n) is 5.45. The van der Waals surface area contributed by atoms with Gasteiger partial charge in [0, 0.05) is 36.8 Å². The maximum absolute atomic E-state index is 12.6. The first-order valence-electron chi connectivity index (χ1n) is 10.6. The Balaban J connectivity index is 1.80. The Morgan fingerprint density at radius 3 is 2.83 bits per heavy atom. The lowest BCUT2D eigenvalue weighted by molar-refractivity contribution is -0.158. The Morgan fingerprint density at radius 1 is 1.30 bits per heavy atom. The molecule has 4 rings (SSSR count). The van der Waals surface area contributed by atoms with Crippen LogP contribution in [0.5, 0.6) is 0 Å². The Labute approximate surface area is 176 Å². The van der Waals surface area contributed by atoms with Gasteiger partial charge in [0.25, 0.3) is 0 Å². The van der Waals surface area contributed by atoms with Gasteiger partial charge in [-0.2, -0.15) is 5.26 Å². The highest BCUT2D eigenvalue weighted by atomic mass is 16.5. The normalized spacial score (nSPS) is 29.5. The van der Waals surface area contributed by atoms with Crippen molar-refractivity contribution >= 4 is 16.9 Å². The number of aromatic amines is 1. The molecule has 0 unspecified atom stereocenters. The molecule has 0 bridgehead atoms. The first kappa shape index (κ1) is 20.7. The third-order valence-electron chi connectivity index (χ3n) is 6.96. The maximum Gasteiger partial charge on any atom is 0.311 e. The van der Waals surface area contributed by atoms with Crippen LogP contribution in [0.1, 0.15) is 36.6 Å². The molecule has 7 nitrogen and oxygen atoms in total. The number of esters is 1. The van der Waals surface area contributed by atoms with Crippen LogP contribution < -0.4 is 0 Å². The van der Waals surface area contributed by atoms with Crippen LogP contribution in [-0.2, 0) is 20.7 Å². The number of rotatable bonds is 2. The summed E-state index contributed by atoms with van der Waals surface area (Å²) in [6, 6.07) is 8.14. The van der Waals surface area contributed by atoms with Crippen LogP contribution in [0, 0.1) is 29.2 Å². The summed E-state index contributed by atoms with van der Waals surface area (Å²) >= 11 is 0. The number of nitriles is 1. The molecule has 30 heavy (non-hydrogen) atoms. The average molecular weight is 412 g/mol. The predicted octanol–water partition coefficient (Wildman–Crippen LogP) is 2.76. The van der Waals surface area contributed by atoms with Crippen molar-refractivity contribution in [3.8, 4) is 6.19 Å². The highest BCUT2D eigenvalue weighted by molar-refractivity contribution is 5.84. The van der Waals surface area contributed by atoms with E-state index in [1.807, 2.05) is 18.2 Å². The highest BCUT2D eigenvalue weighted by Gasteiger charge is 2.45. The van der Waals surface area contributed by atoms with Gasteiger partial charge in [0.05, 0.1) is 25.2 Å². The number of benzene rings is 1. The fraction of sp³-hybridized carbons (Fsp3) is 0.565. The largest absolute Gasteiger partial charge is 0.469 e. The molecule has 0 spiro atoms. The van der Waals surface area contributed by atoms with Gasteiger partial charge in [0.1, 0.15) is 0 Å². The summed E-state index contributed by atoms with van der Waals surface area (Å²) in [4.78, 5) is 17.9. The van der Waals surface area contributed by atoms with Gasteiger partial charge in [-0.25, -0.2) is 0 Å². The second kappa shape index (κ2) is 8.66. The second-order valence-electron chi connectivity index (χ2n) is 8.44. The van der Waals surface area contributed by atoms with Crippen molar-refractivity contribution in [3.63, 3.8) is 0 Å². The number of para-hydroxylation sites is 1. The van der Waals surface area contributed by atoms with E-state index in [0.717, 1.165) is 35.0 Å². The molecule has 1 aliphatic heterocycles. The molecule has 1 aromatic heterocycles.